The molecule has 1 aromatic rings. The summed E-state index contributed by atoms with van der Waals surface area (Å²) in [4.78, 5) is 24.0. The summed E-state index contributed by atoms with van der Waals surface area (Å²) in [6, 6.07) is 6.98. The first-order valence-corrected chi connectivity index (χ1v) is 11.0. The summed E-state index contributed by atoms with van der Waals surface area (Å²) in [7, 11) is 0. The van der Waals surface area contributed by atoms with Crippen LogP contribution in [-0.4, -0.2) is 22.4 Å². The Morgan fingerprint density at radius 1 is 1.14 bits per heavy atom. The van der Waals surface area contributed by atoms with Crippen LogP contribution in [0, 0.1) is 0 Å². The van der Waals surface area contributed by atoms with Crippen molar-refractivity contribution in [1.29, 1.82) is 0 Å². The Hall–Kier alpha value is -1.66. The van der Waals surface area contributed by atoms with Gasteiger partial charge in [0, 0.05) is 11.1 Å². The smallest absolute Gasteiger partial charge is 0.276 e. The van der Waals surface area contributed by atoms with E-state index in [1.807, 2.05) is 6.92 Å². The van der Waals surface area contributed by atoms with Crippen LogP contribution in [0.5, 0.6) is 0 Å². The Morgan fingerprint density at radius 2 is 1.82 bits per heavy atom. The van der Waals surface area contributed by atoms with E-state index in [9.17, 15) is 9.59 Å². The molecule has 0 aromatic heterocycles. The first-order valence-electron chi connectivity index (χ1n) is 9.81. The largest absolute Gasteiger partial charge is 0.486 e. The van der Waals surface area contributed by atoms with Gasteiger partial charge in [-0.15, -0.1) is 0 Å². The number of hydrogen-bond acceptors (Lipinski definition) is 5. The zero-order valence-corrected chi connectivity index (χ0v) is 18.1. The van der Waals surface area contributed by atoms with Crippen LogP contribution in [0.25, 0.3) is 0 Å². The molecule has 0 spiro atoms. The molecule has 1 aliphatic heterocycles. The Morgan fingerprint density at radius 3 is 2.54 bits per heavy atom. The fourth-order valence-corrected chi connectivity index (χ4v) is 4.23. The number of carbonyl (C=O) groups excluding carboxylic acids is 2. The summed E-state index contributed by atoms with van der Waals surface area (Å²) in [5.41, 5.74) is 6.10. The SMILES string of the molecule is CCCCCCCCC1(C)SC(=O)C=C1OCC(=O)NNc1ccc(Cl)cc1. The molecule has 1 atom stereocenters. The third-order valence-electron chi connectivity index (χ3n) is 4.65. The number of unbranched alkanes of at least 4 members (excludes halogenated alkanes) is 5. The molecule has 0 radical (unpaired) electrons. The molecule has 0 bridgehead atoms. The summed E-state index contributed by atoms with van der Waals surface area (Å²) in [6.45, 7) is 4.08. The molecule has 1 heterocycles. The van der Waals surface area contributed by atoms with Crippen molar-refractivity contribution in [2.24, 2.45) is 0 Å². The second-order valence-corrected chi connectivity index (χ2v) is 9.09. The standard InChI is InChI=1S/C21H29ClN2O3S/c1-3-4-5-6-7-8-13-21(2)18(14-20(26)28-21)27-15-19(25)24-23-17-11-9-16(22)10-12-17/h9-12,14,23H,3-8,13,15H2,1-2H3,(H,24,25). The van der Waals surface area contributed by atoms with Crippen molar-refractivity contribution in [2.75, 3.05) is 12.0 Å². The van der Waals surface area contributed by atoms with Crippen LogP contribution in [-0.2, 0) is 14.3 Å². The summed E-state index contributed by atoms with van der Waals surface area (Å²) in [5, 5.41) is 0.614. The van der Waals surface area contributed by atoms with Gasteiger partial charge in [0.15, 0.2) is 6.61 Å². The van der Waals surface area contributed by atoms with E-state index in [1.165, 1.54) is 43.5 Å². The number of amides is 1. The Kier molecular flexibility index (Phi) is 9.19. The summed E-state index contributed by atoms with van der Waals surface area (Å²) in [5.74, 6) is 0.278. The van der Waals surface area contributed by atoms with Gasteiger partial charge >= 0.3 is 0 Å². The summed E-state index contributed by atoms with van der Waals surface area (Å²) >= 11 is 7.12. The van der Waals surface area contributed by atoms with Crippen LogP contribution in [0.15, 0.2) is 36.1 Å². The van der Waals surface area contributed by atoms with Gasteiger partial charge < -0.3 is 4.74 Å². The average molecular weight is 425 g/mol. The lowest BCUT2D eigenvalue weighted by atomic mass is 9.99. The van der Waals surface area contributed by atoms with Gasteiger partial charge in [-0.3, -0.25) is 20.4 Å². The molecule has 1 aromatic carbocycles. The highest BCUT2D eigenvalue weighted by atomic mass is 35.5. The van der Waals surface area contributed by atoms with E-state index in [-0.39, 0.29) is 22.4 Å². The molecule has 5 nitrogen and oxygen atoms in total. The molecule has 0 aliphatic carbocycles. The van der Waals surface area contributed by atoms with E-state index >= 15 is 0 Å². The molecule has 2 N–H and O–H groups in total. The fourth-order valence-electron chi connectivity index (χ4n) is 3.03. The minimum atomic E-state index is -0.383. The van der Waals surface area contributed by atoms with Crippen molar-refractivity contribution in [3.05, 3.63) is 41.1 Å². The Bertz CT molecular complexity index is 693. The van der Waals surface area contributed by atoms with E-state index in [1.54, 1.807) is 24.3 Å². The van der Waals surface area contributed by atoms with Gasteiger partial charge in [-0.1, -0.05) is 68.8 Å². The number of benzene rings is 1. The molecular weight excluding hydrogens is 396 g/mol. The average Bonchev–Trinajstić information content (AvgIpc) is 2.96. The number of nitrogens with one attached hydrogen (secondary N) is 2. The molecular formula is C21H29ClN2O3S. The van der Waals surface area contributed by atoms with Gasteiger partial charge in [0.1, 0.15) is 5.76 Å². The van der Waals surface area contributed by atoms with Crippen molar-refractivity contribution >= 4 is 40.1 Å². The molecule has 1 aliphatic rings. The van der Waals surface area contributed by atoms with Crippen LogP contribution in [0.4, 0.5) is 5.69 Å². The van der Waals surface area contributed by atoms with E-state index in [0.717, 1.165) is 24.9 Å². The number of rotatable bonds is 12. The van der Waals surface area contributed by atoms with Crippen molar-refractivity contribution < 1.29 is 14.3 Å². The molecule has 154 valence electrons. The Balaban J connectivity index is 1.75. The minimum absolute atomic E-state index is 0.0109. The maximum absolute atomic E-state index is 12.0. The third kappa shape index (κ3) is 7.40. The zero-order valence-electron chi connectivity index (χ0n) is 16.6. The topological polar surface area (TPSA) is 67.4 Å². The lowest BCUT2D eigenvalue weighted by molar-refractivity contribution is -0.124. The number of ether oxygens (including phenoxy) is 1. The van der Waals surface area contributed by atoms with Gasteiger partial charge in [0.05, 0.1) is 10.4 Å². The van der Waals surface area contributed by atoms with E-state index in [0.29, 0.717) is 10.8 Å². The van der Waals surface area contributed by atoms with Crippen LogP contribution in [0.1, 0.15) is 58.8 Å². The first kappa shape index (κ1) is 22.6. The van der Waals surface area contributed by atoms with Gasteiger partial charge in [-0.25, -0.2) is 0 Å². The number of hydrazine groups is 1. The fraction of sp³-hybridized carbons (Fsp3) is 0.524. The van der Waals surface area contributed by atoms with E-state index in [4.69, 9.17) is 16.3 Å². The minimum Gasteiger partial charge on any atom is -0.486 e. The van der Waals surface area contributed by atoms with E-state index < -0.39 is 0 Å². The molecule has 1 amide bonds. The maximum atomic E-state index is 12.0. The van der Waals surface area contributed by atoms with Crippen LogP contribution < -0.4 is 10.9 Å². The van der Waals surface area contributed by atoms with Gasteiger partial charge in [0.2, 0.25) is 5.12 Å². The predicted octanol–water partition coefficient (Wildman–Crippen LogP) is 5.47. The van der Waals surface area contributed by atoms with Crippen LogP contribution >= 0.6 is 23.4 Å². The van der Waals surface area contributed by atoms with Gasteiger partial charge in [-0.05, 0) is 37.6 Å². The summed E-state index contributed by atoms with van der Waals surface area (Å²) in [6.07, 6.45) is 9.58. The Labute approximate surface area is 176 Å². The number of thioether (sulfide) groups is 1. The number of halogens is 1. The van der Waals surface area contributed by atoms with Gasteiger partial charge in [-0.2, -0.15) is 0 Å². The normalized spacial score (nSPS) is 18.7. The molecule has 0 fully saturated rings. The monoisotopic (exact) mass is 424 g/mol. The number of hydrogen-bond donors (Lipinski definition) is 2. The first-order chi connectivity index (χ1) is 13.4. The lowest BCUT2D eigenvalue weighted by Gasteiger charge is -2.26. The van der Waals surface area contributed by atoms with Crippen LogP contribution in [0.3, 0.4) is 0 Å². The molecule has 28 heavy (non-hydrogen) atoms. The van der Waals surface area contributed by atoms with Crippen molar-refractivity contribution in [3.63, 3.8) is 0 Å². The number of anilines is 1. The molecule has 1 unspecified atom stereocenters. The zero-order chi connectivity index (χ0) is 20.4. The van der Waals surface area contributed by atoms with E-state index in [2.05, 4.69) is 17.8 Å². The highest BCUT2D eigenvalue weighted by molar-refractivity contribution is 8.15. The highest BCUT2D eigenvalue weighted by Crippen LogP contribution is 2.44. The molecule has 7 heteroatoms. The highest BCUT2D eigenvalue weighted by Gasteiger charge is 2.39. The quantitative estimate of drug-likeness (QED) is 0.344. The molecule has 0 saturated heterocycles. The summed E-state index contributed by atoms with van der Waals surface area (Å²) < 4.78 is 5.32. The molecule has 0 saturated carbocycles. The van der Waals surface area contributed by atoms with Crippen molar-refractivity contribution in [3.8, 4) is 0 Å². The van der Waals surface area contributed by atoms with Crippen molar-refractivity contribution in [1.82, 2.24) is 5.43 Å². The third-order valence-corrected chi connectivity index (χ3v) is 6.08. The molecule has 2 rings (SSSR count). The van der Waals surface area contributed by atoms with Crippen LogP contribution in [0.2, 0.25) is 5.02 Å². The van der Waals surface area contributed by atoms with Crippen molar-refractivity contribution in [2.45, 2.75) is 63.5 Å². The predicted molar refractivity (Wildman–Crippen MR) is 116 cm³/mol. The second kappa shape index (κ2) is 11.4. The maximum Gasteiger partial charge on any atom is 0.276 e. The second-order valence-electron chi connectivity index (χ2n) is 7.15. The van der Waals surface area contributed by atoms with Gasteiger partial charge in [0.25, 0.3) is 5.91 Å². The number of carbonyl (C=O) groups is 2. The lowest BCUT2D eigenvalue weighted by Crippen LogP contribution is -2.33.